The Morgan fingerprint density at radius 2 is 1.13 bits per heavy atom. The van der Waals surface area contributed by atoms with Gasteiger partial charge in [0.2, 0.25) is 0 Å². The van der Waals surface area contributed by atoms with Crippen molar-refractivity contribution >= 4 is 21.8 Å². The Hall–Kier alpha value is -5.36. The van der Waals surface area contributed by atoms with Crippen molar-refractivity contribution in [2.24, 2.45) is 0 Å². The molecular weight excluding hydrogens is 470 g/mol. The first-order valence-electron chi connectivity index (χ1n) is 12.3. The number of hydrogen-bond acceptors (Lipinski definition) is 5. The largest absolute Gasteiger partial charge is 0.507 e. The summed E-state index contributed by atoms with van der Waals surface area (Å²) >= 11 is 0. The number of rotatable bonds is 4. The third kappa shape index (κ3) is 3.67. The lowest BCUT2D eigenvalue weighted by molar-refractivity contribution is 0.477. The maximum atomic E-state index is 11.3. The molecular formula is C32H21N5O. The van der Waals surface area contributed by atoms with Gasteiger partial charge in [0.1, 0.15) is 11.6 Å². The molecule has 7 rings (SSSR count). The number of aromatic nitrogens is 5. The van der Waals surface area contributed by atoms with Crippen LogP contribution >= 0.6 is 0 Å². The van der Waals surface area contributed by atoms with E-state index in [1.165, 1.54) is 0 Å². The first-order valence-corrected chi connectivity index (χ1v) is 12.3. The fourth-order valence-corrected chi connectivity index (χ4v) is 4.85. The van der Waals surface area contributed by atoms with Crippen molar-refractivity contribution in [1.82, 2.24) is 24.5 Å². The molecule has 6 nitrogen and oxygen atoms in total. The highest BCUT2D eigenvalue weighted by Gasteiger charge is 2.19. The van der Waals surface area contributed by atoms with Gasteiger partial charge in [-0.2, -0.15) is 0 Å². The number of phenolic OH excluding ortho intramolecular Hbond substituents is 1. The number of phenols is 1. The summed E-state index contributed by atoms with van der Waals surface area (Å²) in [5.74, 6) is 2.37. The molecule has 0 aliphatic rings. The summed E-state index contributed by atoms with van der Waals surface area (Å²) in [7, 11) is 0. The van der Waals surface area contributed by atoms with E-state index in [1.807, 2.05) is 97.1 Å². The monoisotopic (exact) mass is 491 g/mol. The first kappa shape index (κ1) is 21.9. The fourth-order valence-electron chi connectivity index (χ4n) is 4.85. The highest BCUT2D eigenvalue weighted by atomic mass is 16.3. The molecule has 180 valence electrons. The molecule has 0 radical (unpaired) electrons. The molecule has 0 fully saturated rings. The maximum Gasteiger partial charge on any atom is 0.167 e. The Kier molecular flexibility index (Phi) is 5.15. The highest BCUT2D eigenvalue weighted by Crippen LogP contribution is 2.39. The SMILES string of the molecule is Oc1cc2c(cc1-c1nc(-c3ccccc3)nc(-c3ccccc3)n1)c1ccccc1n2-c1ccccn1. The van der Waals surface area contributed by atoms with Crippen molar-refractivity contribution in [1.29, 1.82) is 0 Å². The van der Waals surface area contributed by atoms with Crippen molar-refractivity contribution in [2.75, 3.05) is 0 Å². The zero-order chi connectivity index (χ0) is 25.5. The molecule has 4 aromatic carbocycles. The molecule has 0 bridgehead atoms. The predicted molar refractivity (Wildman–Crippen MR) is 150 cm³/mol. The second-order valence-corrected chi connectivity index (χ2v) is 8.97. The van der Waals surface area contributed by atoms with Gasteiger partial charge in [-0.05, 0) is 24.3 Å². The third-order valence-electron chi connectivity index (χ3n) is 6.61. The lowest BCUT2D eigenvalue weighted by Gasteiger charge is -2.10. The van der Waals surface area contributed by atoms with Crippen molar-refractivity contribution in [2.45, 2.75) is 0 Å². The smallest absolute Gasteiger partial charge is 0.167 e. The van der Waals surface area contributed by atoms with Crippen molar-refractivity contribution in [3.05, 3.63) is 121 Å². The van der Waals surface area contributed by atoms with E-state index in [0.29, 0.717) is 23.0 Å². The minimum absolute atomic E-state index is 0.0849. The molecule has 0 unspecified atom stereocenters. The van der Waals surface area contributed by atoms with Crippen LogP contribution in [0.5, 0.6) is 5.75 Å². The van der Waals surface area contributed by atoms with E-state index in [2.05, 4.69) is 21.7 Å². The zero-order valence-corrected chi connectivity index (χ0v) is 20.2. The lowest BCUT2D eigenvalue weighted by Crippen LogP contribution is -2.00. The van der Waals surface area contributed by atoms with Crippen LogP contribution in [0.3, 0.4) is 0 Å². The van der Waals surface area contributed by atoms with E-state index in [0.717, 1.165) is 38.8 Å². The number of aromatic hydroxyl groups is 1. The molecule has 6 heteroatoms. The zero-order valence-electron chi connectivity index (χ0n) is 20.2. The molecule has 0 aliphatic heterocycles. The van der Waals surface area contributed by atoms with Gasteiger partial charge in [-0.25, -0.2) is 19.9 Å². The molecule has 0 spiro atoms. The summed E-state index contributed by atoms with van der Waals surface area (Å²) in [5.41, 5.74) is 4.15. The van der Waals surface area contributed by atoms with Crippen LogP contribution in [0.25, 0.3) is 61.8 Å². The molecule has 3 aromatic heterocycles. The quantitative estimate of drug-likeness (QED) is 0.285. The van der Waals surface area contributed by atoms with E-state index in [-0.39, 0.29) is 5.75 Å². The van der Waals surface area contributed by atoms with Crippen LogP contribution in [0.15, 0.2) is 121 Å². The Morgan fingerprint density at radius 3 is 1.79 bits per heavy atom. The van der Waals surface area contributed by atoms with E-state index < -0.39 is 0 Å². The van der Waals surface area contributed by atoms with Crippen LogP contribution in [0.4, 0.5) is 0 Å². The second-order valence-electron chi connectivity index (χ2n) is 8.97. The molecule has 0 saturated carbocycles. The summed E-state index contributed by atoms with van der Waals surface area (Å²) in [5, 5.41) is 13.4. The molecule has 0 atom stereocenters. The lowest BCUT2D eigenvalue weighted by atomic mass is 10.1. The second kappa shape index (κ2) is 8.94. The molecule has 0 saturated heterocycles. The average Bonchev–Trinajstić information content (AvgIpc) is 3.31. The number of hydrogen-bond donors (Lipinski definition) is 1. The van der Waals surface area contributed by atoms with E-state index in [4.69, 9.17) is 15.0 Å². The molecule has 0 aliphatic carbocycles. The van der Waals surface area contributed by atoms with Gasteiger partial charge in [0.15, 0.2) is 17.5 Å². The van der Waals surface area contributed by atoms with Gasteiger partial charge in [-0.3, -0.25) is 4.57 Å². The maximum absolute atomic E-state index is 11.3. The van der Waals surface area contributed by atoms with Gasteiger partial charge in [0.05, 0.1) is 16.6 Å². The van der Waals surface area contributed by atoms with Crippen molar-refractivity contribution < 1.29 is 5.11 Å². The molecule has 38 heavy (non-hydrogen) atoms. The van der Waals surface area contributed by atoms with Gasteiger partial charge >= 0.3 is 0 Å². The van der Waals surface area contributed by atoms with Gasteiger partial charge in [0.25, 0.3) is 0 Å². The molecule has 7 aromatic rings. The average molecular weight is 492 g/mol. The van der Waals surface area contributed by atoms with Gasteiger partial charge < -0.3 is 5.11 Å². The van der Waals surface area contributed by atoms with Crippen LogP contribution in [0.2, 0.25) is 0 Å². The summed E-state index contributed by atoms with van der Waals surface area (Å²) in [6.45, 7) is 0. The normalized spacial score (nSPS) is 11.3. The van der Waals surface area contributed by atoms with Crippen LogP contribution < -0.4 is 0 Å². The Labute approximate surface area is 218 Å². The predicted octanol–water partition coefficient (Wildman–Crippen LogP) is 7.07. The number of benzene rings is 4. The number of nitrogens with zero attached hydrogens (tertiary/aromatic N) is 5. The Bertz CT molecular complexity index is 1860. The highest BCUT2D eigenvalue weighted by molar-refractivity contribution is 6.11. The van der Waals surface area contributed by atoms with E-state index in [1.54, 1.807) is 12.3 Å². The van der Waals surface area contributed by atoms with E-state index in [9.17, 15) is 5.11 Å². The molecule has 3 heterocycles. The summed E-state index contributed by atoms with van der Waals surface area (Å²) in [6, 6.07) is 37.3. The fraction of sp³-hybridized carbons (Fsp3) is 0. The van der Waals surface area contributed by atoms with Crippen LogP contribution in [0.1, 0.15) is 0 Å². The third-order valence-corrected chi connectivity index (χ3v) is 6.61. The minimum atomic E-state index is 0.0849. The van der Waals surface area contributed by atoms with Crippen LogP contribution in [-0.4, -0.2) is 29.6 Å². The Balaban J connectivity index is 1.50. The summed E-state index contributed by atoms with van der Waals surface area (Å²) in [6.07, 6.45) is 1.77. The van der Waals surface area contributed by atoms with Gasteiger partial charge in [-0.1, -0.05) is 84.9 Å². The first-order chi connectivity index (χ1) is 18.8. The van der Waals surface area contributed by atoms with E-state index >= 15 is 0 Å². The standard InChI is InChI=1S/C32H21N5O/c38-28-20-27-24(23-15-7-8-16-26(23)37(27)29-17-9-10-18-33-29)19-25(28)32-35-30(21-11-3-1-4-12-21)34-31(36-32)22-13-5-2-6-14-22/h1-20,38H. The molecule has 0 amide bonds. The summed E-state index contributed by atoms with van der Waals surface area (Å²) in [4.78, 5) is 19.0. The number of para-hydroxylation sites is 1. The van der Waals surface area contributed by atoms with Crippen molar-refractivity contribution in [3.63, 3.8) is 0 Å². The van der Waals surface area contributed by atoms with Gasteiger partial charge in [0, 0.05) is 34.2 Å². The minimum Gasteiger partial charge on any atom is -0.507 e. The number of fused-ring (bicyclic) bond motifs is 3. The topological polar surface area (TPSA) is 76.7 Å². The Morgan fingerprint density at radius 1 is 0.526 bits per heavy atom. The molecule has 1 N–H and O–H groups in total. The van der Waals surface area contributed by atoms with Crippen LogP contribution in [0, 0.1) is 0 Å². The number of pyridine rings is 1. The van der Waals surface area contributed by atoms with Gasteiger partial charge in [-0.15, -0.1) is 0 Å². The summed E-state index contributed by atoms with van der Waals surface area (Å²) < 4.78 is 2.06. The van der Waals surface area contributed by atoms with Crippen LogP contribution in [-0.2, 0) is 0 Å². The van der Waals surface area contributed by atoms with Crippen molar-refractivity contribution in [3.8, 4) is 45.7 Å².